The summed E-state index contributed by atoms with van der Waals surface area (Å²) >= 11 is 0. The van der Waals surface area contributed by atoms with Gasteiger partial charge in [0.2, 0.25) is 0 Å². The lowest BCUT2D eigenvalue weighted by Crippen LogP contribution is -2.29. The summed E-state index contributed by atoms with van der Waals surface area (Å²) < 4.78 is 0. The van der Waals surface area contributed by atoms with Crippen molar-refractivity contribution in [3.63, 3.8) is 0 Å². The highest BCUT2D eigenvalue weighted by Crippen LogP contribution is 2.41. The van der Waals surface area contributed by atoms with Gasteiger partial charge in [0.25, 0.3) is 0 Å². The summed E-state index contributed by atoms with van der Waals surface area (Å²) in [5.41, 5.74) is 0.127. The fourth-order valence-corrected chi connectivity index (χ4v) is 1.89. The molecule has 0 saturated carbocycles. The molecular weight excluding hydrogens is 170 g/mol. The van der Waals surface area contributed by atoms with E-state index < -0.39 is 0 Å². The molecule has 1 nitrogen and oxygen atoms in total. The molecular formula is C13H25N. The van der Waals surface area contributed by atoms with Gasteiger partial charge in [0.1, 0.15) is 0 Å². The summed E-state index contributed by atoms with van der Waals surface area (Å²) in [7, 11) is 0. The Bertz CT molecular complexity index is 212. The van der Waals surface area contributed by atoms with Crippen LogP contribution in [0.2, 0.25) is 0 Å². The molecule has 0 saturated heterocycles. The molecule has 82 valence electrons. The van der Waals surface area contributed by atoms with E-state index in [1.54, 1.807) is 0 Å². The second-order valence-corrected chi connectivity index (χ2v) is 5.53. The topological polar surface area (TPSA) is 23.8 Å². The Hall–Kier alpha value is -0.510. The average molecular weight is 195 g/mol. The number of rotatable bonds is 5. The van der Waals surface area contributed by atoms with Gasteiger partial charge in [-0.2, -0.15) is 5.26 Å². The summed E-state index contributed by atoms with van der Waals surface area (Å²) in [5.74, 6) is 0.485. The third kappa shape index (κ3) is 3.33. The highest BCUT2D eigenvalue weighted by Gasteiger charge is 2.35. The number of hydrogen-bond acceptors (Lipinski definition) is 1. The Morgan fingerprint density at radius 2 is 1.71 bits per heavy atom. The molecule has 0 fully saturated rings. The van der Waals surface area contributed by atoms with Crippen molar-refractivity contribution in [2.24, 2.45) is 16.7 Å². The van der Waals surface area contributed by atoms with Gasteiger partial charge in [0.05, 0.1) is 11.5 Å². The van der Waals surface area contributed by atoms with Crippen LogP contribution in [0.15, 0.2) is 0 Å². The van der Waals surface area contributed by atoms with E-state index in [-0.39, 0.29) is 10.8 Å². The highest BCUT2D eigenvalue weighted by atomic mass is 14.4. The molecule has 0 aliphatic carbocycles. The van der Waals surface area contributed by atoms with Gasteiger partial charge in [0.15, 0.2) is 0 Å². The van der Waals surface area contributed by atoms with Crippen molar-refractivity contribution in [2.45, 2.75) is 60.8 Å². The normalized spacial score (nSPS) is 18.4. The Kier molecular flexibility index (Phi) is 4.65. The van der Waals surface area contributed by atoms with Crippen molar-refractivity contribution in [1.29, 1.82) is 5.26 Å². The van der Waals surface area contributed by atoms with E-state index in [1.807, 2.05) is 0 Å². The zero-order valence-electron chi connectivity index (χ0n) is 10.6. The van der Waals surface area contributed by atoms with E-state index in [0.717, 1.165) is 19.3 Å². The van der Waals surface area contributed by atoms with Gasteiger partial charge in [-0.15, -0.1) is 0 Å². The van der Waals surface area contributed by atoms with Crippen LogP contribution in [0.1, 0.15) is 60.8 Å². The second-order valence-electron chi connectivity index (χ2n) is 5.53. The van der Waals surface area contributed by atoms with Crippen LogP contribution < -0.4 is 0 Å². The first kappa shape index (κ1) is 13.5. The lowest BCUT2D eigenvalue weighted by Gasteiger charge is -2.36. The standard InChI is InChI=1S/C13H25N/c1-7-11(3)13(6,10-14)9-12(4,5)8-2/h11H,7-9H2,1-6H3. The fourth-order valence-electron chi connectivity index (χ4n) is 1.89. The maximum absolute atomic E-state index is 9.30. The van der Waals surface area contributed by atoms with Gasteiger partial charge >= 0.3 is 0 Å². The molecule has 0 aromatic rings. The SMILES string of the molecule is CCC(C)C(C)(C#N)CC(C)(C)CC. The van der Waals surface area contributed by atoms with E-state index >= 15 is 0 Å². The van der Waals surface area contributed by atoms with Crippen LogP contribution in [0.25, 0.3) is 0 Å². The van der Waals surface area contributed by atoms with Crippen LogP contribution in [-0.2, 0) is 0 Å². The molecule has 1 heteroatoms. The molecule has 0 amide bonds. The van der Waals surface area contributed by atoms with Crippen LogP contribution in [0.4, 0.5) is 0 Å². The van der Waals surface area contributed by atoms with Crippen LogP contribution >= 0.6 is 0 Å². The quantitative estimate of drug-likeness (QED) is 0.638. The van der Waals surface area contributed by atoms with Crippen molar-refractivity contribution in [3.05, 3.63) is 0 Å². The predicted octanol–water partition coefficient (Wildman–Crippen LogP) is 4.39. The highest BCUT2D eigenvalue weighted by molar-refractivity contribution is 5.00. The van der Waals surface area contributed by atoms with Crippen molar-refractivity contribution < 1.29 is 0 Å². The molecule has 0 aliphatic rings. The third-order valence-corrected chi connectivity index (χ3v) is 3.76. The van der Waals surface area contributed by atoms with E-state index in [2.05, 4.69) is 47.6 Å². The fraction of sp³-hybridized carbons (Fsp3) is 0.923. The molecule has 0 aromatic heterocycles. The number of nitriles is 1. The molecule has 0 rings (SSSR count). The molecule has 2 atom stereocenters. The largest absolute Gasteiger partial charge is 0.198 e. The molecule has 0 aromatic carbocycles. The first-order valence-corrected chi connectivity index (χ1v) is 5.72. The number of nitrogens with zero attached hydrogens (tertiary/aromatic N) is 1. The molecule has 0 heterocycles. The first-order valence-electron chi connectivity index (χ1n) is 5.72. The van der Waals surface area contributed by atoms with Crippen molar-refractivity contribution in [1.82, 2.24) is 0 Å². The molecule has 0 radical (unpaired) electrons. The third-order valence-electron chi connectivity index (χ3n) is 3.76. The summed E-state index contributed by atoms with van der Waals surface area (Å²) in [6.07, 6.45) is 3.23. The van der Waals surface area contributed by atoms with E-state index in [4.69, 9.17) is 0 Å². The van der Waals surface area contributed by atoms with Crippen LogP contribution in [0.3, 0.4) is 0 Å². The Morgan fingerprint density at radius 3 is 2.00 bits per heavy atom. The van der Waals surface area contributed by atoms with Gasteiger partial charge in [-0.1, -0.05) is 47.5 Å². The van der Waals surface area contributed by atoms with Gasteiger partial charge < -0.3 is 0 Å². The van der Waals surface area contributed by atoms with Gasteiger partial charge in [-0.25, -0.2) is 0 Å². The van der Waals surface area contributed by atoms with E-state index in [1.165, 1.54) is 0 Å². The lowest BCUT2D eigenvalue weighted by molar-refractivity contribution is 0.160. The maximum atomic E-state index is 9.30. The van der Waals surface area contributed by atoms with Crippen molar-refractivity contribution in [2.75, 3.05) is 0 Å². The molecule has 0 spiro atoms. The van der Waals surface area contributed by atoms with Gasteiger partial charge in [-0.3, -0.25) is 0 Å². The van der Waals surface area contributed by atoms with Crippen LogP contribution in [0.5, 0.6) is 0 Å². The second kappa shape index (κ2) is 4.82. The zero-order valence-corrected chi connectivity index (χ0v) is 10.6. The van der Waals surface area contributed by atoms with Gasteiger partial charge in [0, 0.05) is 0 Å². The maximum Gasteiger partial charge on any atom is 0.0689 e. The minimum absolute atomic E-state index is 0.158. The molecule has 0 N–H and O–H groups in total. The smallest absolute Gasteiger partial charge is 0.0689 e. The summed E-state index contributed by atoms with van der Waals surface area (Å²) in [4.78, 5) is 0. The minimum Gasteiger partial charge on any atom is -0.198 e. The van der Waals surface area contributed by atoms with Crippen molar-refractivity contribution >= 4 is 0 Å². The molecule has 2 unspecified atom stereocenters. The summed E-state index contributed by atoms with van der Waals surface area (Å²) in [5, 5.41) is 9.30. The van der Waals surface area contributed by atoms with Crippen LogP contribution in [0, 0.1) is 28.1 Å². The first-order chi connectivity index (χ1) is 6.31. The minimum atomic E-state index is -0.158. The van der Waals surface area contributed by atoms with Crippen LogP contribution in [-0.4, -0.2) is 0 Å². The Balaban J connectivity index is 4.66. The lowest BCUT2D eigenvalue weighted by atomic mass is 9.67. The van der Waals surface area contributed by atoms with E-state index in [0.29, 0.717) is 5.92 Å². The van der Waals surface area contributed by atoms with E-state index in [9.17, 15) is 5.26 Å². The molecule has 0 aliphatic heterocycles. The van der Waals surface area contributed by atoms with Gasteiger partial charge in [-0.05, 0) is 24.7 Å². The zero-order chi connectivity index (χ0) is 11.4. The Labute approximate surface area is 89.5 Å². The predicted molar refractivity (Wildman–Crippen MR) is 61.9 cm³/mol. The number of hydrogen-bond donors (Lipinski definition) is 0. The monoisotopic (exact) mass is 195 g/mol. The molecule has 14 heavy (non-hydrogen) atoms. The molecule has 0 bridgehead atoms. The van der Waals surface area contributed by atoms with Crippen molar-refractivity contribution in [3.8, 4) is 6.07 Å². The summed E-state index contributed by atoms with van der Waals surface area (Å²) in [6.45, 7) is 13.2. The Morgan fingerprint density at radius 1 is 1.21 bits per heavy atom. The average Bonchev–Trinajstić information content (AvgIpc) is 2.15. The summed E-state index contributed by atoms with van der Waals surface area (Å²) in [6, 6.07) is 2.52.